The van der Waals surface area contributed by atoms with Gasteiger partial charge in [-0.25, -0.2) is 4.98 Å². The van der Waals surface area contributed by atoms with Gasteiger partial charge in [0.25, 0.3) is 0 Å². The van der Waals surface area contributed by atoms with Crippen molar-refractivity contribution in [3.8, 4) is 0 Å². The van der Waals surface area contributed by atoms with Crippen LogP contribution in [-0.2, 0) is 10.3 Å². The largest absolute Gasteiger partial charge is 0.383 e. The van der Waals surface area contributed by atoms with E-state index in [4.69, 9.17) is 9.72 Å². The summed E-state index contributed by atoms with van der Waals surface area (Å²) in [6.45, 7) is 10.5. The standard InChI is InChI=1S/C15H27N3OS/c1-12(2)18-8-5-15(6-9-18,16-7-10-19-4)14-17-13(3)11-20-14/h11-12,16H,5-10H2,1-4H3. The molecule has 1 aliphatic rings. The first-order chi connectivity index (χ1) is 9.57. The van der Waals surface area contributed by atoms with E-state index in [1.807, 2.05) is 0 Å². The maximum absolute atomic E-state index is 5.19. The Kier molecular flexibility index (Phi) is 5.55. The molecule has 1 fully saturated rings. The van der Waals surface area contributed by atoms with Crippen molar-refractivity contribution in [3.63, 3.8) is 0 Å². The molecule has 0 saturated carbocycles. The number of aryl methyl sites for hydroxylation is 1. The zero-order valence-electron chi connectivity index (χ0n) is 13.1. The zero-order chi connectivity index (χ0) is 14.6. The van der Waals surface area contributed by atoms with Gasteiger partial charge in [-0.15, -0.1) is 11.3 Å². The third kappa shape index (κ3) is 3.58. The topological polar surface area (TPSA) is 37.4 Å². The average Bonchev–Trinajstić information content (AvgIpc) is 2.87. The lowest BCUT2D eigenvalue weighted by Gasteiger charge is -2.42. The number of likely N-dealkylation sites (tertiary alicyclic amines) is 1. The van der Waals surface area contributed by atoms with Gasteiger partial charge in [-0.3, -0.25) is 0 Å². The first kappa shape index (κ1) is 15.9. The van der Waals surface area contributed by atoms with Crippen molar-refractivity contribution in [1.29, 1.82) is 0 Å². The van der Waals surface area contributed by atoms with E-state index in [1.165, 1.54) is 5.01 Å². The Morgan fingerprint density at radius 3 is 2.65 bits per heavy atom. The van der Waals surface area contributed by atoms with Crippen LogP contribution in [0.5, 0.6) is 0 Å². The van der Waals surface area contributed by atoms with E-state index >= 15 is 0 Å². The van der Waals surface area contributed by atoms with Crippen molar-refractivity contribution >= 4 is 11.3 Å². The van der Waals surface area contributed by atoms with Crippen LogP contribution >= 0.6 is 11.3 Å². The lowest BCUT2D eigenvalue weighted by Crippen LogP contribution is -2.53. The van der Waals surface area contributed by atoms with Gasteiger partial charge in [-0.1, -0.05) is 0 Å². The molecule has 114 valence electrons. The monoisotopic (exact) mass is 297 g/mol. The fraction of sp³-hybridized carbons (Fsp3) is 0.800. The molecule has 0 atom stereocenters. The molecule has 1 saturated heterocycles. The molecule has 5 heteroatoms. The van der Waals surface area contributed by atoms with Crippen LogP contribution in [0.15, 0.2) is 5.38 Å². The average molecular weight is 297 g/mol. The molecule has 20 heavy (non-hydrogen) atoms. The van der Waals surface area contributed by atoms with Crippen LogP contribution in [0.2, 0.25) is 0 Å². The highest BCUT2D eigenvalue weighted by atomic mass is 32.1. The minimum Gasteiger partial charge on any atom is -0.383 e. The molecule has 0 aliphatic carbocycles. The second-order valence-electron chi connectivity index (χ2n) is 5.93. The Morgan fingerprint density at radius 2 is 2.15 bits per heavy atom. The number of rotatable bonds is 6. The van der Waals surface area contributed by atoms with Crippen LogP contribution in [0, 0.1) is 6.92 Å². The molecule has 0 unspecified atom stereocenters. The quantitative estimate of drug-likeness (QED) is 0.818. The summed E-state index contributed by atoms with van der Waals surface area (Å²) in [5, 5.41) is 7.12. The summed E-state index contributed by atoms with van der Waals surface area (Å²) in [5.74, 6) is 0. The summed E-state index contributed by atoms with van der Waals surface area (Å²) in [6.07, 6.45) is 2.25. The third-order valence-corrected chi connectivity index (χ3v) is 5.34. The number of hydrogen-bond acceptors (Lipinski definition) is 5. The van der Waals surface area contributed by atoms with E-state index < -0.39 is 0 Å². The maximum Gasteiger partial charge on any atom is 0.113 e. The predicted molar refractivity (Wildman–Crippen MR) is 84.4 cm³/mol. The highest BCUT2D eigenvalue weighted by Gasteiger charge is 2.38. The van der Waals surface area contributed by atoms with E-state index in [9.17, 15) is 0 Å². The van der Waals surface area contributed by atoms with Crippen molar-refractivity contribution in [2.75, 3.05) is 33.4 Å². The number of nitrogens with zero attached hydrogens (tertiary/aromatic N) is 2. The van der Waals surface area contributed by atoms with Gasteiger partial charge in [0, 0.05) is 43.9 Å². The van der Waals surface area contributed by atoms with Crippen molar-refractivity contribution in [3.05, 3.63) is 16.1 Å². The molecule has 2 rings (SSSR count). The molecule has 0 spiro atoms. The molecule has 1 aromatic rings. The number of nitrogens with one attached hydrogen (secondary N) is 1. The van der Waals surface area contributed by atoms with Crippen molar-refractivity contribution in [1.82, 2.24) is 15.2 Å². The highest BCUT2D eigenvalue weighted by molar-refractivity contribution is 7.09. The Balaban J connectivity index is 2.10. The van der Waals surface area contributed by atoms with Gasteiger partial charge in [-0.2, -0.15) is 0 Å². The Bertz CT molecular complexity index is 411. The SMILES string of the molecule is COCCNC1(c2nc(C)cs2)CCN(C(C)C)CC1. The second-order valence-corrected chi connectivity index (χ2v) is 6.78. The van der Waals surface area contributed by atoms with Crippen LogP contribution < -0.4 is 5.32 Å². The first-order valence-corrected chi connectivity index (χ1v) is 8.36. The van der Waals surface area contributed by atoms with E-state index in [-0.39, 0.29) is 5.54 Å². The highest BCUT2D eigenvalue weighted by Crippen LogP contribution is 2.35. The normalized spacial score (nSPS) is 19.6. The molecule has 4 nitrogen and oxygen atoms in total. The van der Waals surface area contributed by atoms with Gasteiger partial charge in [0.2, 0.25) is 0 Å². The third-order valence-electron chi connectivity index (χ3n) is 4.18. The molecular weight excluding hydrogens is 270 g/mol. The van der Waals surface area contributed by atoms with E-state index in [0.29, 0.717) is 6.04 Å². The predicted octanol–water partition coefficient (Wildman–Crippen LogP) is 2.39. The molecule has 0 bridgehead atoms. The fourth-order valence-electron chi connectivity index (χ4n) is 2.85. The first-order valence-electron chi connectivity index (χ1n) is 7.48. The summed E-state index contributed by atoms with van der Waals surface area (Å²) >= 11 is 1.79. The van der Waals surface area contributed by atoms with Crippen molar-refractivity contribution in [2.45, 2.75) is 45.2 Å². The molecule has 0 radical (unpaired) electrons. The summed E-state index contributed by atoms with van der Waals surface area (Å²) in [5.41, 5.74) is 1.17. The Morgan fingerprint density at radius 1 is 1.45 bits per heavy atom. The van der Waals surface area contributed by atoms with Gasteiger partial charge in [0.05, 0.1) is 12.1 Å². The molecule has 1 N–H and O–H groups in total. The summed E-state index contributed by atoms with van der Waals surface area (Å²) < 4.78 is 5.19. The second kappa shape index (κ2) is 6.98. The molecule has 0 aromatic carbocycles. The number of aromatic nitrogens is 1. The Hall–Kier alpha value is -0.490. The molecule has 0 amide bonds. The van der Waals surface area contributed by atoms with E-state index in [1.54, 1.807) is 18.4 Å². The lowest BCUT2D eigenvalue weighted by molar-refractivity contribution is 0.100. The smallest absolute Gasteiger partial charge is 0.113 e. The van der Waals surface area contributed by atoms with Crippen LogP contribution in [0.25, 0.3) is 0 Å². The number of methoxy groups -OCH3 is 1. The van der Waals surface area contributed by atoms with Gasteiger partial charge in [0.1, 0.15) is 5.01 Å². The van der Waals surface area contributed by atoms with Crippen LogP contribution in [0.3, 0.4) is 0 Å². The fourth-order valence-corrected chi connectivity index (χ4v) is 3.89. The van der Waals surface area contributed by atoms with Crippen LogP contribution in [0.1, 0.15) is 37.4 Å². The molecule has 1 aliphatic heterocycles. The lowest BCUT2D eigenvalue weighted by atomic mass is 9.87. The number of hydrogen-bond donors (Lipinski definition) is 1. The summed E-state index contributed by atoms with van der Waals surface area (Å²) in [4.78, 5) is 7.30. The Labute approximate surface area is 126 Å². The van der Waals surface area contributed by atoms with Crippen LogP contribution in [-0.4, -0.2) is 49.3 Å². The maximum atomic E-state index is 5.19. The van der Waals surface area contributed by atoms with Crippen molar-refractivity contribution < 1.29 is 4.74 Å². The minimum absolute atomic E-state index is 0.0445. The van der Waals surface area contributed by atoms with Gasteiger partial charge < -0.3 is 15.0 Å². The van der Waals surface area contributed by atoms with Crippen molar-refractivity contribution in [2.24, 2.45) is 0 Å². The van der Waals surface area contributed by atoms with Gasteiger partial charge in [0.15, 0.2) is 0 Å². The molecular formula is C15H27N3OS. The summed E-state index contributed by atoms with van der Waals surface area (Å²) in [7, 11) is 1.75. The molecule has 1 aromatic heterocycles. The zero-order valence-corrected chi connectivity index (χ0v) is 13.9. The van der Waals surface area contributed by atoms with Gasteiger partial charge in [-0.05, 0) is 33.6 Å². The number of piperidine rings is 1. The van der Waals surface area contributed by atoms with E-state index in [2.05, 4.69) is 36.4 Å². The molecule has 2 heterocycles. The number of thiazole rings is 1. The van der Waals surface area contributed by atoms with E-state index in [0.717, 1.165) is 44.8 Å². The summed E-state index contributed by atoms with van der Waals surface area (Å²) in [6, 6.07) is 0.630. The van der Waals surface area contributed by atoms with Crippen LogP contribution in [0.4, 0.5) is 0 Å². The number of ether oxygens (including phenoxy) is 1. The van der Waals surface area contributed by atoms with Gasteiger partial charge >= 0.3 is 0 Å². The minimum atomic E-state index is 0.0445.